The average molecular weight is 257 g/mol. The highest BCUT2D eigenvalue weighted by Gasteiger charge is 2.13. The monoisotopic (exact) mass is 257 g/mol. The minimum absolute atomic E-state index is 0.0279. The molecule has 1 amide bonds. The molecule has 19 heavy (non-hydrogen) atoms. The summed E-state index contributed by atoms with van der Waals surface area (Å²) in [5, 5.41) is 7.17. The summed E-state index contributed by atoms with van der Waals surface area (Å²) in [5.41, 5.74) is 2.74. The van der Waals surface area contributed by atoms with Gasteiger partial charge in [0.05, 0.1) is 17.6 Å². The summed E-state index contributed by atoms with van der Waals surface area (Å²) in [5.74, 6) is 0.372. The van der Waals surface area contributed by atoms with E-state index >= 15 is 0 Å². The van der Waals surface area contributed by atoms with Crippen molar-refractivity contribution in [1.82, 2.24) is 9.78 Å². The number of nitrogens with one attached hydrogen (secondary N) is 1. The number of hydrogen-bond donors (Lipinski definition) is 1. The number of rotatable bonds is 4. The number of aryl methyl sites for hydroxylation is 1. The summed E-state index contributed by atoms with van der Waals surface area (Å²) < 4.78 is 1.78. The van der Waals surface area contributed by atoms with Crippen LogP contribution in [0.3, 0.4) is 0 Å². The Bertz CT molecular complexity index is 558. The van der Waals surface area contributed by atoms with E-state index in [1.54, 1.807) is 10.9 Å². The molecule has 2 aromatic rings. The van der Waals surface area contributed by atoms with Crippen LogP contribution < -0.4 is 5.32 Å². The first-order valence-electron chi connectivity index (χ1n) is 6.45. The summed E-state index contributed by atoms with van der Waals surface area (Å²) in [7, 11) is 1.88. The van der Waals surface area contributed by atoms with Gasteiger partial charge in [0.15, 0.2) is 0 Å². The van der Waals surface area contributed by atoms with Gasteiger partial charge in [-0.15, -0.1) is 0 Å². The molecule has 0 fully saturated rings. The molecule has 100 valence electrons. The second-order valence-electron chi connectivity index (χ2n) is 5.04. The van der Waals surface area contributed by atoms with Crippen LogP contribution in [0.25, 0.3) is 11.3 Å². The second kappa shape index (κ2) is 5.69. The maximum atomic E-state index is 11.9. The predicted octanol–water partition coefficient (Wildman–Crippen LogP) is 3.07. The normalized spacial score (nSPS) is 10.7. The summed E-state index contributed by atoms with van der Waals surface area (Å²) in [6.45, 7) is 4.06. The van der Waals surface area contributed by atoms with E-state index in [2.05, 4.69) is 10.4 Å². The molecule has 0 radical (unpaired) electrons. The molecule has 1 aromatic heterocycles. The summed E-state index contributed by atoms with van der Waals surface area (Å²) in [6, 6.07) is 9.94. The number of aromatic nitrogens is 2. The van der Waals surface area contributed by atoms with Crippen LogP contribution in [0.5, 0.6) is 0 Å². The first-order valence-corrected chi connectivity index (χ1v) is 6.45. The van der Waals surface area contributed by atoms with Gasteiger partial charge in [-0.2, -0.15) is 5.10 Å². The van der Waals surface area contributed by atoms with Gasteiger partial charge in [-0.3, -0.25) is 9.48 Å². The lowest BCUT2D eigenvalue weighted by Crippen LogP contribution is -2.14. The minimum atomic E-state index is 0.0279. The molecule has 0 saturated heterocycles. The molecule has 0 aliphatic heterocycles. The number of carbonyl (C=O) groups excluding carboxylic acids is 1. The van der Waals surface area contributed by atoms with E-state index in [0.29, 0.717) is 12.3 Å². The Morgan fingerprint density at radius 2 is 2.00 bits per heavy atom. The molecule has 0 spiro atoms. The Labute approximate surface area is 113 Å². The van der Waals surface area contributed by atoms with E-state index in [1.165, 1.54) is 0 Å². The molecule has 1 aromatic carbocycles. The van der Waals surface area contributed by atoms with Crippen molar-refractivity contribution in [1.29, 1.82) is 0 Å². The summed E-state index contributed by atoms with van der Waals surface area (Å²) in [6.07, 6.45) is 2.21. The molecule has 0 atom stereocenters. The van der Waals surface area contributed by atoms with Gasteiger partial charge in [0.1, 0.15) is 0 Å². The second-order valence-corrected chi connectivity index (χ2v) is 5.04. The zero-order valence-electron chi connectivity index (χ0n) is 11.6. The van der Waals surface area contributed by atoms with Gasteiger partial charge in [0, 0.05) is 19.0 Å². The Morgan fingerprint density at radius 3 is 2.63 bits per heavy atom. The van der Waals surface area contributed by atoms with Crippen molar-refractivity contribution in [2.45, 2.75) is 20.3 Å². The lowest BCUT2D eigenvalue weighted by molar-refractivity contribution is -0.116. The number of hydrogen-bond acceptors (Lipinski definition) is 2. The molecule has 1 heterocycles. The zero-order valence-corrected chi connectivity index (χ0v) is 11.6. The van der Waals surface area contributed by atoms with Gasteiger partial charge in [-0.05, 0) is 5.92 Å². The largest absolute Gasteiger partial charge is 0.323 e. The number of benzene rings is 1. The fourth-order valence-electron chi connectivity index (χ4n) is 2.04. The molecule has 0 aliphatic rings. The molecule has 0 saturated carbocycles. The third-order valence-corrected chi connectivity index (χ3v) is 2.85. The van der Waals surface area contributed by atoms with Gasteiger partial charge in [-0.25, -0.2) is 0 Å². The van der Waals surface area contributed by atoms with Gasteiger partial charge in [0.25, 0.3) is 0 Å². The third-order valence-electron chi connectivity index (χ3n) is 2.85. The highest BCUT2D eigenvalue weighted by atomic mass is 16.1. The first kappa shape index (κ1) is 13.3. The molecule has 4 heteroatoms. The van der Waals surface area contributed by atoms with E-state index in [0.717, 1.165) is 16.9 Å². The molecular formula is C15H19N3O. The topological polar surface area (TPSA) is 46.9 Å². The summed E-state index contributed by atoms with van der Waals surface area (Å²) >= 11 is 0. The lowest BCUT2D eigenvalue weighted by Gasteiger charge is -2.09. The highest BCUT2D eigenvalue weighted by Crippen LogP contribution is 2.27. The van der Waals surface area contributed by atoms with Crippen LogP contribution >= 0.6 is 0 Å². The van der Waals surface area contributed by atoms with Crippen molar-refractivity contribution in [2.24, 2.45) is 13.0 Å². The Kier molecular flexibility index (Phi) is 4.00. The third kappa shape index (κ3) is 3.22. The lowest BCUT2D eigenvalue weighted by atomic mass is 10.1. The standard InChI is InChI=1S/C15H19N3O/c1-11(2)9-14(19)17-13-10-16-18(3)15(13)12-7-5-4-6-8-12/h4-8,10-11H,9H2,1-3H3,(H,17,19). The summed E-state index contributed by atoms with van der Waals surface area (Å²) in [4.78, 5) is 11.9. The Balaban J connectivity index is 2.26. The number of carbonyl (C=O) groups is 1. The van der Waals surface area contributed by atoms with Crippen molar-refractivity contribution in [3.05, 3.63) is 36.5 Å². The van der Waals surface area contributed by atoms with Crippen molar-refractivity contribution in [2.75, 3.05) is 5.32 Å². The van der Waals surface area contributed by atoms with Crippen molar-refractivity contribution >= 4 is 11.6 Å². The van der Waals surface area contributed by atoms with Crippen molar-refractivity contribution < 1.29 is 4.79 Å². The van der Waals surface area contributed by atoms with Crippen LogP contribution in [0.15, 0.2) is 36.5 Å². The fourth-order valence-corrected chi connectivity index (χ4v) is 2.04. The van der Waals surface area contributed by atoms with Gasteiger partial charge < -0.3 is 5.32 Å². The number of nitrogens with zero attached hydrogens (tertiary/aromatic N) is 2. The molecule has 1 N–H and O–H groups in total. The van der Waals surface area contributed by atoms with Gasteiger partial charge >= 0.3 is 0 Å². The maximum absolute atomic E-state index is 11.9. The van der Waals surface area contributed by atoms with Crippen LogP contribution in [0.4, 0.5) is 5.69 Å². The predicted molar refractivity (Wildman–Crippen MR) is 76.7 cm³/mol. The van der Waals surface area contributed by atoms with E-state index in [1.807, 2.05) is 51.2 Å². The molecule has 0 bridgehead atoms. The number of amides is 1. The van der Waals surface area contributed by atoms with Crippen LogP contribution in [0.2, 0.25) is 0 Å². The van der Waals surface area contributed by atoms with E-state index in [4.69, 9.17) is 0 Å². The molecule has 0 unspecified atom stereocenters. The first-order chi connectivity index (χ1) is 9.08. The van der Waals surface area contributed by atoms with Crippen LogP contribution in [-0.4, -0.2) is 15.7 Å². The molecule has 2 rings (SSSR count). The fraction of sp³-hybridized carbons (Fsp3) is 0.333. The quantitative estimate of drug-likeness (QED) is 0.915. The van der Waals surface area contributed by atoms with Crippen molar-refractivity contribution in [3.8, 4) is 11.3 Å². The minimum Gasteiger partial charge on any atom is -0.323 e. The van der Waals surface area contributed by atoms with Crippen LogP contribution in [0.1, 0.15) is 20.3 Å². The Hall–Kier alpha value is -2.10. The van der Waals surface area contributed by atoms with Gasteiger partial charge in [0.2, 0.25) is 5.91 Å². The van der Waals surface area contributed by atoms with Crippen LogP contribution in [-0.2, 0) is 11.8 Å². The van der Waals surface area contributed by atoms with Crippen molar-refractivity contribution in [3.63, 3.8) is 0 Å². The van der Waals surface area contributed by atoms with E-state index in [9.17, 15) is 4.79 Å². The number of anilines is 1. The molecular weight excluding hydrogens is 238 g/mol. The molecule has 4 nitrogen and oxygen atoms in total. The average Bonchev–Trinajstić information content (AvgIpc) is 2.70. The van der Waals surface area contributed by atoms with Crippen LogP contribution in [0, 0.1) is 5.92 Å². The van der Waals surface area contributed by atoms with Gasteiger partial charge in [-0.1, -0.05) is 44.2 Å². The van der Waals surface area contributed by atoms with E-state index < -0.39 is 0 Å². The SMILES string of the molecule is CC(C)CC(=O)Nc1cnn(C)c1-c1ccccc1. The Morgan fingerprint density at radius 1 is 1.32 bits per heavy atom. The van der Waals surface area contributed by atoms with E-state index in [-0.39, 0.29) is 5.91 Å². The highest BCUT2D eigenvalue weighted by molar-refractivity contribution is 5.94. The maximum Gasteiger partial charge on any atom is 0.224 e. The smallest absolute Gasteiger partial charge is 0.224 e. The zero-order chi connectivity index (χ0) is 13.8. The molecule has 0 aliphatic carbocycles.